The molecule has 1 aliphatic rings. The maximum atomic E-state index is 12.0. The molecule has 17 heavy (non-hydrogen) atoms. The molecule has 1 aromatic carbocycles. The third-order valence-corrected chi connectivity index (χ3v) is 3.35. The summed E-state index contributed by atoms with van der Waals surface area (Å²) in [6.45, 7) is 3.84. The molecule has 0 fully saturated rings. The summed E-state index contributed by atoms with van der Waals surface area (Å²) in [4.78, 5) is 12.0. The first-order valence-electron chi connectivity index (χ1n) is 5.41. The molecule has 0 saturated heterocycles. The van der Waals surface area contributed by atoms with Crippen LogP contribution in [0.4, 0.5) is 5.69 Å². The lowest BCUT2D eigenvalue weighted by molar-refractivity contribution is -0.119. The van der Waals surface area contributed by atoms with Gasteiger partial charge in [-0.1, -0.05) is 30.1 Å². The second-order valence-corrected chi connectivity index (χ2v) is 4.76. The molecule has 0 bridgehead atoms. The fourth-order valence-electron chi connectivity index (χ4n) is 1.79. The van der Waals surface area contributed by atoms with Crippen LogP contribution in [0.2, 0.25) is 10.0 Å². The molecule has 5 heteroatoms. The van der Waals surface area contributed by atoms with Crippen molar-refractivity contribution in [3.05, 3.63) is 28.2 Å². The van der Waals surface area contributed by atoms with Crippen LogP contribution in [0.25, 0.3) is 0 Å². The van der Waals surface area contributed by atoms with E-state index in [9.17, 15) is 4.79 Å². The van der Waals surface area contributed by atoms with Gasteiger partial charge in [0.25, 0.3) is 5.91 Å². The Morgan fingerprint density at radius 2 is 2.12 bits per heavy atom. The van der Waals surface area contributed by atoms with E-state index in [2.05, 4.69) is 5.10 Å². The smallest absolute Gasteiger partial charge is 0.256 e. The van der Waals surface area contributed by atoms with Gasteiger partial charge in [-0.05, 0) is 31.5 Å². The Kier molecular flexibility index (Phi) is 3.40. The minimum Gasteiger partial charge on any atom is -0.272 e. The summed E-state index contributed by atoms with van der Waals surface area (Å²) in [5, 5.41) is 6.64. The second kappa shape index (κ2) is 4.67. The minimum atomic E-state index is -0.174. The summed E-state index contributed by atoms with van der Waals surface area (Å²) in [6, 6.07) is 5.01. The number of amides is 1. The maximum absolute atomic E-state index is 12.0. The average molecular weight is 271 g/mol. The Bertz CT molecular complexity index is 499. The van der Waals surface area contributed by atoms with Gasteiger partial charge in [0.05, 0.1) is 22.3 Å². The summed E-state index contributed by atoms with van der Waals surface area (Å²) in [5.74, 6) is -0.224. The van der Waals surface area contributed by atoms with E-state index in [1.165, 1.54) is 5.01 Å². The van der Waals surface area contributed by atoms with E-state index < -0.39 is 0 Å². The van der Waals surface area contributed by atoms with Gasteiger partial charge in [0.1, 0.15) is 0 Å². The van der Waals surface area contributed by atoms with Crippen molar-refractivity contribution in [3.8, 4) is 0 Å². The molecule has 90 valence electrons. The number of carbonyl (C=O) groups is 1. The predicted octanol–water partition coefficient (Wildman–Crippen LogP) is 3.74. The van der Waals surface area contributed by atoms with Crippen molar-refractivity contribution in [2.24, 2.45) is 11.0 Å². The number of benzene rings is 1. The van der Waals surface area contributed by atoms with Gasteiger partial charge >= 0.3 is 0 Å². The van der Waals surface area contributed by atoms with Crippen LogP contribution in [-0.2, 0) is 4.79 Å². The quantitative estimate of drug-likeness (QED) is 0.806. The van der Waals surface area contributed by atoms with Gasteiger partial charge in [-0.3, -0.25) is 4.79 Å². The molecule has 2 rings (SSSR count). The third-order valence-electron chi connectivity index (χ3n) is 2.81. The number of hydrogen-bond donors (Lipinski definition) is 0. The van der Waals surface area contributed by atoms with Gasteiger partial charge in [-0.15, -0.1) is 0 Å². The topological polar surface area (TPSA) is 32.7 Å². The molecule has 1 aromatic rings. The Labute approximate surface area is 110 Å². The number of anilines is 1. The first-order valence-corrected chi connectivity index (χ1v) is 6.16. The molecule has 1 aliphatic heterocycles. The zero-order valence-corrected chi connectivity index (χ0v) is 11.1. The molecule has 1 atom stereocenters. The third kappa shape index (κ3) is 2.17. The number of hydrazone groups is 1. The van der Waals surface area contributed by atoms with Crippen LogP contribution in [0.1, 0.15) is 20.3 Å². The van der Waals surface area contributed by atoms with Crippen molar-refractivity contribution < 1.29 is 4.79 Å². The van der Waals surface area contributed by atoms with Gasteiger partial charge in [0.15, 0.2) is 0 Å². The zero-order valence-electron chi connectivity index (χ0n) is 9.58. The minimum absolute atomic E-state index is 0.0499. The number of hydrogen-bond acceptors (Lipinski definition) is 2. The van der Waals surface area contributed by atoms with Gasteiger partial charge < -0.3 is 0 Å². The fraction of sp³-hybridized carbons (Fsp3) is 0.333. The van der Waals surface area contributed by atoms with Crippen molar-refractivity contribution in [1.29, 1.82) is 0 Å². The summed E-state index contributed by atoms with van der Waals surface area (Å²) in [5.41, 5.74) is 1.46. The van der Waals surface area contributed by atoms with Gasteiger partial charge in [-0.2, -0.15) is 10.1 Å². The molecule has 1 unspecified atom stereocenters. The van der Waals surface area contributed by atoms with Crippen LogP contribution >= 0.6 is 23.2 Å². The molecule has 0 spiro atoms. The predicted molar refractivity (Wildman–Crippen MR) is 70.8 cm³/mol. The van der Waals surface area contributed by atoms with E-state index in [1.807, 2.05) is 13.8 Å². The lowest BCUT2D eigenvalue weighted by Crippen LogP contribution is -2.25. The van der Waals surface area contributed by atoms with Crippen molar-refractivity contribution >= 4 is 40.5 Å². The summed E-state index contributed by atoms with van der Waals surface area (Å²) in [7, 11) is 0. The highest BCUT2D eigenvalue weighted by molar-refractivity contribution is 6.37. The van der Waals surface area contributed by atoms with E-state index in [0.717, 1.165) is 12.1 Å². The van der Waals surface area contributed by atoms with Crippen molar-refractivity contribution in [1.82, 2.24) is 0 Å². The van der Waals surface area contributed by atoms with Crippen LogP contribution < -0.4 is 5.01 Å². The molecule has 0 saturated carbocycles. The van der Waals surface area contributed by atoms with Crippen molar-refractivity contribution in [2.45, 2.75) is 20.3 Å². The highest BCUT2D eigenvalue weighted by Crippen LogP contribution is 2.32. The number of halogens is 2. The van der Waals surface area contributed by atoms with Crippen LogP contribution in [0.15, 0.2) is 23.3 Å². The Hall–Kier alpha value is -1.06. The van der Waals surface area contributed by atoms with Crippen LogP contribution in [0.5, 0.6) is 0 Å². The van der Waals surface area contributed by atoms with Gasteiger partial charge in [0, 0.05) is 5.02 Å². The van der Waals surface area contributed by atoms with E-state index in [-0.39, 0.29) is 11.8 Å². The van der Waals surface area contributed by atoms with E-state index in [0.29, 0.717) is 15.7 Å². The summed E-state index contributed by atoms with van der Waals surface area (Å²) >= 11 is 11.9. The normalized spacial score (nSPS) is 19.8. The van der Waals surface area contributed by atoms with Gasteiger partial charge in [-0.25, -0.2) is 0 Å². The number of carbonyl (C=O) groups excluding carboxylic acids is 1. The molecular formula is C12H12Cl2N2O. The van der Waals surface area contributed by atoms with Crippen LogP contribution in [0.3, 0.4) is 0 Å². The Morgan fingerprint density at radius 1 is 1.41 bits per heavy atom. The lowest BCUT2D eigenvalue weighted by atomic mass is 10.0. The van der Waals surface area contributed by atoms with Crippen LogP contribution in [-0.4, -0.2) is 11.6 Å². The largest absolute Gasteiger partial charge is 0.272 e. The van der Waals surface area contributed by atoms with Crippen molar-refractivity contribution in [3.63, 3.8) is 0 Å². The van der Waals surface area contributed by atoms with E-state index in [1.54, 1.807) is 18.2 Å². The highest BCUT2D eigenvalue weighted by Gasteiger charge is 2.32. The summed E-state index contributed by atoms with van der Waals surface area (Å²) in [6.07, 6.45) is 0.759. The number of nitrogens with zero attached hydrogens (tertiary/aromatic N) is 2. The van der Waals surface area contributed by atoms with E-state index in [4.69, 9.17) is 23.2 Å². The monoisotopic (exact) mass is 270 g/mol. The standard InChI is InChI=1S/C12H12Cl2N2O/c1-3-10-7(2)12(17)16(15-10)11-5-4-8(13)6-9(11)14/h4-7H,3H2,1-2H3. The second-order valence-electron chi connectivity index (χ2n) is 3.91. The molecule has 0 aliphatic carbocycles. The molecule has 3 nitrogen and oxygen atoms in total. The Morgan fingerprint density at radius 3 is 2.65 bits per heavy atom. The molecule has 0 N–H and O–H groups in total. The zero-order chi connectivity index (χ0) is 12.6. The Balaban J connectivity index is 2.41. The number of rotatable bonds is 2. The first kappa shape index (κ1) is 12.4. The molecule has 1 heterocycles. The molecular weight excluding hydrogens is 259 g/mol. The average Bonchev–Trinajstić information content (AvgIpc) is 2.57. The molecule has 1 amide bonds. The molecule has 0 aromatic heterocycles. The van der Waals surface area contributed by atoms with Crippen LogP contribution in [0, 0.1) is 5.92 Å². The summed E-state index contributed by atoms with van der Waals surface area (Å²) < 4.78 is 0. The van der Waals surface area contributed by atoms with E-state index >= 15 is 0 Å². The fourth-order valence-corrected chi connectivity index (χ4v) is 2.28. The SMILES string of the molecule is CCC1=NN(c2ccc(Cl)cc2Cl)C(=O)C1C. The molecule has 0 radical (unpaired) electrons. The van der Waals surface area contributed by atoms with Gasteiger partial charge in [0.2, 0.25) is 0 Å². The maximum Gasteiger partial charge on any atom is 0.256 e. The first-order chi connectivity index (χ1) is 8.04. The van der Waals surface area contributed by atoms with Crippen molar-refractivity contribution in [2.75, 3.05) is 5.01 Å². The highest BCUT2D eigenvalue weighted by atomic mass is 35.5. The lowest BCUT2D eigenvalue weighted by Gasteiger charge is -2.14.